The summed E-state index contributed by atoms with van der Waals surface area (Å²) in [6.07, 6.45) is -1.19. The Labute approximate surface area is 157 Å². The Kier molecular flexibility index (Phi) is 4.95. The number of amides is 2. The first-order chi connectivity index (χ1) is 12.4. The van der Waals surface area contributed by atoms with Crippen molar-refractivity contribution in [1.82, 2.24) is 20.0 Å². The van der Waals surface area contributed by atoms with Crippen LogP contribution in [-0.2, 0) is 10.9 Å². The van der Waals surface area contributed by atoms with Crippen molar-refractivity contribution in [3.05, 3.63) is 18.0 Å². The normalized spacial score (nSPS) is 25.6. The summed E-state index contributed by atoms with van der Waals surface area (Å²) in [7, 11) is 0. The highest BCUT2D eigenvalue weighted by atomic mass is 19.4. The van der Waals surface area contributed by atoms with E-state index in [1.807, 2.05) is 27.7 Å². The van der Waals surface area contributed by atoms with E-state index in [0.717, 1.165) is 12.5 Å². The number of hydrogen-bond donors (Lipinski definition) is 1. The summed E-state index contributed by atoms with van der Waals surface area (Å²) in [5, 5.41) is 6.71. The van der Waals surface area contributed by atoms with Crippen LogP contribution in [0.25, 0.3) is 0 Å². The number of piperidine rings is 1. The van der Waals surface area contributed by atoms with Crippen LogP contribution in [0.15, 0.2) is 12.3 Å². The van der Waals surface area contributed by atoms with Crippen molar-refractivity contribution in [1.29, 1.82) is 0 Å². The molecule has 0 saturated carbocycles. The van der Waals surface area contributed by atoms with Gasteiger partial charge in [-0.3, -0.25) is 4.68 Å². The van der Waals surface area contributed by atoms with Gasteiger partial charge in [-0.1, -0.05) is 0 Å². The number of hydrogen-bond acceptors (Lipinski definition) is 3. The van der Waals surface area contributed by atoms with Gasteiger partial charge < -0.3 is 15.0 Å². The van der Waals surface area contributed by atoms with Gasteiger partial charge in [-0.05, 0) is 53.0 Å². The second-order valence-electron chi connectivity index (χ2n) is 8.57. The third-order valence-corrected chi connectivity index (χ3v) is 5.40. The van der Waals surface area contributed by atoms with Gasteiger partial charge in [-0.2, -0.15) is 18.3 Å². The van der Waals surface area contributed by atoms with Gasteiger partial charge in [-0.15, -0.1) is 0 Å². The molecule has 1 atom stereocenters. The zero-order valence-electron chi connectivity index (χ0n) is 16.1. The second kappa shape index (κ2) is 6.68. The van der Waals surface area contributed by atoms with Gasteiger partial charge in [0.05, 0.1) is 23.3 Å². The molecule has 2 aliphatic heterocycles. The highest BCUT2D eigenvalue weighted by Gasteiger charge is 2.47. The number of rotatable bonds is 2. The molecule has 1 aromatic rings. The van der Waals surface area contributed by atoms with E-state index in [-0.39, 0.29) is 23.7 Å². The maximum Gasteiger partial charge on any atom is 0.435 e. The Morgan fingerprint density at radius 1 is 1.26 bits per heavy atom. The van der Waals surface area contributed by atoms with E-state index in [2.05, 4.69) is 10.4 Å². The Bertz CT molecular complexity index is 691. The highest BCUT2D eigenvalue weighted by Crippen LogP contribution is 2.37. The Morgan fingerprint density at radius 3 is 2.37 bits per heavy atom. The summed E-state index contributed by atoms with van der Waals surface area (Å²) in [4.78, 5) is 14.3. The summed E-state index contributed by atoms with van der Waals surface area (Å²) in [5.74, 6) is 0. The lowest BCUT2D eigenvalue weighted by Crippen LogP contribution is -2.52. The predicted molar refractivity (Wildman–Crippen MR) is 93.3 cm³/mol. The standard InChI is InChI=1S/C18H27F3N4O2/c1-16(2)11-14(17(3,4)27-16)22-15(26)24-8-5-12(6-9-24)25-10-7-13(23-25)18(19,20)21/h7,10,12,14H,5-6,8-9,11H2,1-4H3,(H,22,26). The molecule has 1 N–H and O–H groups in total. The predicted octanol–water partition coefficient (Wildman–Crippen LogP) is 3.59. The maximum atomic E-state index is 12.7. The quantitative estimate of drug-likeness (QED) is 0.842. The number of nitrogens with one attached hydrogen (secondary N) is 1. The van der Waals surface area contributed by atoms with Crippen molar-refractivity contribution in [2.24, 2.45) is 0 Å². The van der Waals surface area contributed by atoms with Crippen LogP contribution in [0.4, 0.5) is 18.0 Å². The first-order valence-electron chi connectivity index (χ1n) is 9.25. The lowest BCUT2D eigenvalue weighted by molar-refractivity contribution is -0.141. The molecule has 0 spiro atoms. The lowest BCUT2D eigenvalue weighted by Gasteiger charge is -2.34. The van der Waals surface area contributed by atoms with Crippen molar-refractivity contribution >= 4 is 6.03 Å². The molecule has 3 rings (SSSR count). The van der Waals surface area contributed by atoms with E-state index >= 15 is 0 Å². The summed E-state index contributed by atoms with van der Waals surface area (Å²) in [6.45, 7) is 8.91. The van der Waals surface area contributed by atoms with Crippen LogP contribution in [0, 0.1) is 0 Å². The molecule has 0 aromatic carbocycles. The van der Waals surface area contributed by atoms with E-state index in [1.165, 1.54) is 10.9 Å². The van der Waals surface area contributed by atoms with Crippen LogP contribution < -0.4 is 5.32 Å². The first-order valence-corrected chi connectivity index (χ1v) is 9.25. The van der Waals surface area contributed by atoms with Crippen molar-refractivity contribution < 1.29 is 22.7 Å². The van der Waals surface area contributed by atoms with E-state index in [1.54, 1.807) is 4.90 Å². The summed E-state index contributed by atoms with van der Waals surface area (Å²) < 4.78 is 45.5. The molecule has 0 bridgehead atoms. The molecule has 2 amide bonds. The maximum absolute atomic E-state index is 12.7. The van der Waals surface area contributed by atoms with Crippen molar-refractivity contribution in [3.8, 4) is 0 Å². The topological polar surface area (TPSA) is 59.4 Å². The molecule has 6 nitrogen and oxygen atoms in total. The number of ether oxygens (including phenoxy) is 1. The van der Waals surface area contributed by atoms with Gasteiger partial charge in [0.25, 0.3) is 0 Å². The first kappa shape index (κ1) is 20.0. The minimum absolute atomic E-state index is 0.0850. The zero-order chi connectivity index (χ0) is 20.0. The smallest absolute Gasteiger partial charge is 0.367 e. The van der Waals surface area contributed by atoms with Crippen LogP contribution in [0.1, 0.15) is 58.7 Å². The molecule has 2 saturated heterocycles. The van der Waals surface area contributed by atoms with Gasteiger partial charge in [-0.25, -0.2) is 4.79 Å². The van der Waals surface area contributed by atoms with Gasteiger partial charge >= 0.3 is 12.2 Å². The second-order valence-corrected chi connectivity index (χ2v) is 8.57. The lowest BCUT2D eigenvalue weighted by atomic mass is 9.94. The van der Waals surface area contributed by atoms with Gasteiger partial charge in [0.15, 0.2) is 5.69 Å². The van der Waals surface area contributed by atoms with E-state index in [9.17, 15) is 18.0 Å². The molecule has 0 aliphatic carbocycles. The molecule has 9 heteroatoms. The molecule has 2 fully saturated rings. The van der Waals surface area contributed by atoms with Gasteiger partial charge in [0.1, 0.15) is 0 Å². The Hall–Kier alpha value is -1.77. The molecular formula is C18H27F3N4O2. The highest BCUT2D eigenvalue weighted by molar-refractivity contribution is 5.74. The molecule has 152 valence electrons. The minimum Gasteiger partial charge on any atom is -0.367 e. The van der Waals surface area contributed by atoms with E-state index in [0.29, 0.717) is 25.9 Å². The molecule has 27 heavy (non-hydrogen) atoms. The monoisotopic (exact) mass is 388 g/mol. The number of carbonyl (C=O) groups is 1. The average Bonchev–Trinajstić information content (AvgIpc) is 3.10. The van der Waals surface area contributed by atoms with E-state index in [4.69, 9.17) is 4.74 Å². The van der Waals surface area contributed by atoms with Gasteiger partial charge in [0.2, 0.25) is 0 Å². The van der Waals surface area contributed by atoms with Crippen LogP contribution >= 0.6 is 0 Å². The third kappa shape index (κ3) is 4.39. The number of halogens is 3. The molecule has 1 unspecified atom stereocenters. The van der Waals surface area contributed by atoms with Crippen molar-refractivity contribution in [2.45, 2.75) is 76.4 Å². The minimum atomic E-state index is -4.43. The fourth-order valence-electron chi connectivity index (χ4n) is 4.05. The Balaban J connectivity index is 1.55. The van der Waals surface area contributed by atoms with Crippen LogP contribution in [0.5, 0.6) is 0 Å². The number of nitrogens with zero attached hydrogens (tertiary/aromatic N) is 3. The molecule has 0 radical (unpaired) electrons. The Morgan fingerprint density at radius 2 is 1.89 bits per heavy atom. The van der Waals surface area contributed by atoms with E-state index < -0.39 is 17.5 Å². The molecule has 3 heterocycles. The number of alkyl halides is 3. The summed E-state index contributed by atoms with van der Waals surface area (Å²) in [5.41, 5.74) is -1.61. The summed E-state index contributed by atoms with van der Waals surface area (Å²) in [6, 6.07) is 0.626. The molecular weight excluding hydrogens is 361 g/mol. The zero-order valence-corrected chi connectivity index (χ0v) is 16.1. The summed E-state index contributed by atoms with van der Waals surface area (Å²) >= 11 is 0. The largest absolute Gasteiger partial charge is 0.435 e. The third-order valence-electron chi connectivity index (χ3n) is 5.40. The van der Waals surface area contributed by atoms with Crippen LogP contribution in [0.3, 0.4) is 0 Å². The fourth-order valence-corrected chi connectivity index (χ4v) is 4.05. The molecule has 1 aromatic heterocycles. The van der Waals surface area contributed by atoms with Crippen molar-refractivity contribution in [3.63, 3.8) is 0 Å². The number of urea groups is 1. The number of carbonyl (C=O) groups excluding carboxylic acids is 1. The molecule has 2 aliphatic rings. The van der Waals surface area contributed by atoms with Gasteiger partial charge in [0, 0.05) is 19.3 Å². The van der Waals surface area contributed by atoms with Crippen LogP contribution in [-0.4, -0.2) is 51.0 Å². The van der Waals surface area contributed by atoms with Crippen LogP contribution in [0.2, 0.25) is 0 Å². The fraction of sp³-hybridized carbons (Fsp3) is 0.778. The number of aromatic nitrogens is 2. The average molecular weight is 388 g/mol. The number of likely N-dealkylation sites (tertiary alicyclic amines) is 1. The SMILES string of the molecule is CC1(C)CC(NC(=O)N2CCC(n3ccc(C(F)(F)F)n3)CC2)C(C)(C)O1. The van der Waals surface area contributed by atoms with Crippen molar-refractivity contribution in [2.75, 3.05) is 13.1 Å².